The first-order valence-corrected chi connectivity index (χ1v) is 6.15. The Morgan fingerprint density at radius 1 is 1.44 bits per heavy atom. The molecule has 1 aliphatic rings. The van der Waals surface area contributed by atoms with Crippen molar-refractivity contribution in [1.29, 1.82) is 0 Å². The Morgan fingerprint density at radius 2 is 2.25 bits per heavy atom. The van der Waals surface area contributed by atoms with Crippen molar-refractivity contribution < 1.29 is 4.74 Å². The highest BCUT2D eigenvalue weighted by Crippen LogP contribution is 2.20. The van der Waals surface area contributed by atoms with E-state index in [9.17, 15) is 0 Å². The van der Waals surface area contributed by atoms with Gasteiger partial charge in [0.15, 0.2) is 0 Å². The van der Waals surface area contributed by atoms with E-state index in [1.165, 1.54) is 17.5 Å². The lowest BCUT2D eigenvalue weighted by atomic mass is 9.89. The Morgan fingerprint density at radius 3 is 2.94 bits per heavy atom. The van der Waals surface area contributed by atoms with E-state index < -0.39 is 0 Å². The zero-order valence-electron chi connectivity index (χ0n) is 9.99. The van der Waals surface area contributed by atoms with Crippen molar-refractivity contribution in [1.82, 2.24) is 0 Å². The number of hydrogen-bond acceptors (Lipinski definition) is 2. The summed E-state index contributed by atoms with van der Waals surface area (Å²) < 4.78 is 5.49. The van der Waals surface area contributed by atoms with Gasteiger partial charge in [-0.25, -0.2) is 0 Å². The fourth-order valence-electron chi connectivity index (χ4n) is 2.36. The van der Waals surface area contributed by atoms with Crippen molar-refractivity contribution in [3.05, 3.63) is 35.4 Å². The molecular weight excluding hydrogens is 198 g/mol. The molecule has 0 aromatic heterocycles. The molecule has 16 heavy (non-hydrogen) atoms. The van der Waals surface area contributed by atoms with Crippen molar-refractivity contribution in [3.63, 3.8) is 0 Å². The topological polar surface area (TPSA) is 35.2 Å². The van der Waals surface area contributed by atoms with Gasteiger partial charge in [0.05, 0.1) is 6.61 Å². The molecule has 2 nitrogen and oxygen atoms in total. The van der Waals surface area contributed by atoms with E-state index in [1.807, 2.05) is 0 Å². The average molecular weight is 219 g/mol. The van der Waals surface area contributed by atoms with Crippen molar-refractivity contribution in [3.8, 4) is 0 Å². The molecule has 1 aliphatic heterocycles. The van der Waals surface area contributed by atoms with Crippen LogP contribution in [0.2, 0.25) is 0 Å². The van der Waals surface area contributed by atoms with Gasteiger partial charge in [0, 0.05) is 12.6 Å². The van der Waals surface area contributed by atoms with Gasteiger partial charge in [-0.2, -0.15) is 0 Å². The molecule has 1 aromatic carbocycles. The fraction of sp³-hybridized carbons (Fsp3) is 0.571. The van der Waals surface area contributed by atoms with Crippen LogP contribution in [0.5, 0.6) is 0 Å². The van der Waals surface area contributed by atoms with Crippen LogP contribution < -0.4 is 5.73 Å². The number of benzene rings is 1. The summed E-state index contributed by atoms with van der Waals surface area (Å²) in [5.41, 5.74) is 8.99. The van der Waals surface area contributed by atoms with E-state index in [0.29, 0.717) is 5.92 Å². The van der Waals surface area contributed by atoms with Gasteiger partial charge in [-0.1, -0.05) is 24.3 Å². The summed E-state index contributed by atoms with van der Waals surface area (Å²) in [6, 6.07) is 8.74. The molecule has 1 saturated heterocycles. The molecule has 0 aliphatic carbocycles. The summed E-state index contributed by atoms with van der Waals surface area (Å²) in [4.78, 5) is 0. The van der Waals surface area contributed by atoms with Crippen LogP contribution in [0.4, 0.5) is 0 Å². The monoisotopic (exact) mass is 219 g/mol. The summed E-state index contributed by atoms with van der Waals surface area (Å²) in [5, 5.41) is 0. The molecule has 2 rings (SSSR count). The number of ether oxygens (including phenoxy) is 1. The smallest absolute Gasteiger partial charge is 0.0509 e. The van der Waals surface area contributed by atoms with E-state index >= 15 is 0 Å². The van der Waals surface area contributed by atoms with Gasteiger partial charge in [0.25, 0.3) is 0 Å². The molecule has 0 amide bonds. The third-order valence-electron chi connectivity index (χ3n) is 3.52. The summed E-state index contributed by atoms with van der Waals surface area (Å²) in [7, 11) is 0. The number of hydrogen-bond donors (Lipinski definition) is 1. The molecule has 2 atom stereocenters. The van der Waals surface area contributed by atoms with Crippen LogP contribution >= 0.6 is 0 Å². The van der Waals surface area contributed by atoms with Crippen LogP contribution in [-0.2, 0) is 11.2 Å². The maximum absolute atomic E-state index is 6.27. The highest BCUT2D eigenvalue weighted by atomic mass is 16.5. The molecule has 2 unspecified atom stereocenters. The largest absolute Gasteiger partial charge is 0.381 e. The second kappa shape index (κ2) is 5.46. The third-order valence-corrected chi connectivity index (χ3v) is 3.52. The van der Waals surface area contributed by atoms with Gasteiger partial charge >= 0.3 is 0 Å². The molecule has 1 fully saturated rings. The summed E-state index contributed by atoms with van der Waals surface area (Å²) in [5.74, 6) is 0.536. The SMILES string of the molecule is Cc1ccccc1CC(N)C1CCCOC1. The van der Waals surface area contributed by atoms with Crippen molar-refractivity contribution in [2.45, 2.75) is 32.2 Å². The first kappa shape index (κ1) is 11.6. The highest BCUT2D eigenvalue weighted by Gasteiger charge is 2.21. The molecule has 88 valence electrons. The Balaban J connectivity index is 1.96. The first-order valence-electron chi connectivity index (χ1n) is 6.15. The van der Waals surface area contributed by atoms with E-state index in [1.54, 1.807) is 0 Å². The van der Waals surface area contributed by atoms with Gasteiger partial charge < -0.3 is 10.5 Å². The fourth-order valence-corrected chi connectivity index (χ4v) is 2.36. The van der Waals surface area contributed by atoms with Crippen LogP contribution in [0.25, 0.3) is 0 Å². The highest BCUT2D eigenvalue weighted by molar-refractivity contribution is 5.26. The summed E-state index contributed by atoms with van der Waals surface area (Å²) in [6.07, 6.45) is 3.35. The third kappa shape index (κ3) is 2.83. The zero-order valence-corrected chi connectivity index (χ0v) is 9.99. The summed E-state index contributed by atoms with van der Waals surface area (Å²) >= 11 is 0. The van der Waals surface area contributed by atoms with E-state index in [0.717, 1.165) is 26.1 Å². The standard InChI is InChI=1S/C14H21NO/c1-11-5-2-3-6-12(11)9-14(15)13-7-4-8-16-10-13/h2-3,5-6,13-14H,4,7-10,15H2,1H3. The minimum Gasteiger partial charge on any atom is -0.381 e. The lowest BCUT2D eigenvalue weighted by Gasteiger charge is -2.28. The Kier molecular flexibility index (Phi) is 3.97. The summed E-state index contributed by atoms with van der Waals surface area (Å²) in [6.45, 7) is 3.90. The van der Waals surface area contributed by atoms with Gasteiger partial charge in [0.2, 0.25) is 0 Å². The Hall–Kier alpha value is -0.860. The molecular formula is C14H21NO. The second-order valence-corrected chi connectivity index (χ2v) is 4.77. The number of rotatable bonds is 3. The normalized spacial score (nSPS) is 23.0. The van der Waals surface area contributed by atoms with Gasteiger partial charge in [-0.15, -0.1) is 0 Å². The predicted molar refractivity (Wildman–Crippen MR) is 66.4 cm³/mol. The lowest BCUT2D eigenvalue weighted by molar-refractivity contribution is 0.0450. The Labute approximate surface area is 97.8 Å². The van der Waals surface area contributed by atoms with Crippen LogP contribution in [-0.4, -0.2) is 19.3 Å². The molecule has 0 radical (unpaired) electrons. The average Bonchev–Trinajstić information content (AvgIpc) is 2.33. The van der Waals surface area contributed by atoms with E-state index in [2.05, 4.69) is 31.2 Å². The number of nitrogens with two attached hydrogens (primary N) is 1. The van der Waals surface area contributed by atoms with Gasteiger partial charge in [-0.3, -0.25) is 0 Å². The van der Waals surface area contributed by atoms with Crippen molar-refractivity contribution in [2.24, 2.45) is 11.7 Å². The molecule has 2 N–H and O–H groups in total. The quantitative estimate of drug-likeness (QED) is 0.846. The molecule has 1 heterocycles. The van der Waals surface area contributed by atoms with Gasteiger partial charge in [-0.05, 0) is 43.2 Å². The number of aryl methyl sites for hydroxylation is 1. The molecule has 1 aromatic rings. The van der Waals surface area contributed by atoms with Crippen LogP contribution in [0.15, 0.2) is 24.3 Å². The van der Waals surface area contributed by atoms with Crippen molar-refractivity contribution >= 4 is 0 Å². The minimum atomic E-state index is 0.237. The first-order chi connectivity index (χ1) is 7.77. The van der Waals surface area contributed by atoms with Crippen molar-refractivity contribution in [2.75, 3.05) is 13.2 Å². The maximum Gasteiger partial charge on any atom is 0.0509 e. The zero-order chi connectivity index (χ0) is 11.4. The van der Waals surface area contributed by atoms with E-state index in [-0.39, 0.29) is 6.04 Å². The lowest BCUT2D eigenvalue weighted by Crippen LogP contribution is -2.37. The van der Waals surface area contributed by atoms with Crippen LogP contribution in [0.1, 0.15) is 24.0 Å². The predicted octanol–water partition coefficient (Wildman–Crippen LogP) is 2.29. The van der Waals surface area contributed by atoms with Gasteiger partial charge in [0.1, 0.15) is 0 Å². The second-order valence-electron chi connectivity index (χ2n) is 4.77. The van der Waals surface area contributed by atoms with E-state index in [4.69, 9.17) is 10.5 Å². The van der Waals surface area contributed by atoms with Crippen LogP contribution in [0.3, 0.4) is 0 Å². The van der Waals surface area contributed by atoms with Crippen LogP contribution in [0, 0.1) is 12.8 Å². The molecule has 2 heteroatoms. The Bertz CT molecular complexity index is 331. The maximum atomic E-state index is 6.27. The molecule has 0 saturated carbocycles. The molecule has 0 spiro atoms. The molecule has 0 bridgehead atoms. The minimum absolute atomic E-state index is 0.237.